The van der Waals surface area contributed by atoms with Crippen LogP contribution in [0.15, 0.2) is 17.5 Å². The lowest BCUT2D eigenvalue weighted by atomic mass is 9.98. The van der Waals surface area contributed by atoms with Gasteiger partial charge in [0.2, 0.25) is 5.91 Å². The van der Waals surface area contributed by atoms with Crippen LogP contribution in [0, 0.1) is 0 Å². The summed E-state index contributed by atoms with van der Waals surface area (Å²) in [6.07, 6.45) is 0.659. The van der Waals surface area contributed by atoms with E-state index in [1.807, 2.05) is 36.3 Å². The van der Waals surface area contributed by atoms with E-state index in [-0.39, 0.29) is 5.91 Å². The van der Waals surface area contributed by atoms with E-state index >= 15 is 0 Å². The highest BCUT2D eigenvalue weighted by molar-refractivity contribution is 7.09. The number of hydrogen-bond donors (Lipinski definition) is 1. The maximum atomic E-state index is 12.2. The lowest BCUT2D eigenvalue weighted by Gasteiger charge is -2.30. The Morgan fingerprint density at radius 2 is 2.25 bits per heavy atom. The van der Waals surface area contributed by atoms with Gasteiger partial charge in [-0.1, -0.05) is 13.0 Å². The third-order valence-corrected chi connectivity index (χ3v) is 3.68. The van der Waals surface area contributed by atoms with Gasteiger partial charge in [-0.3, -0.25) is 4.79 Å². The number of amides is 1. The summed E-state index contributed by atoms with van der Waals surface area (Å²) in [5, 5.41) is 2.02. The molecule has 1 amide bonds. The van der Waals surface area contributed by atoms with Gasteiger partial charge in [0, 0.05) is 11.4 Å². The first kappa shape index (κ1) is 13.2. The van der Waals surface area contributed by atoms with Crippen molar-refractivity contribution in [3.05, 3.63) is 22.4 Å². The normalized spacial score (nSPS) is 14.5. The maximum Gasteiger partial charge on any atom is 0.242 e. The molecular formula is C12H20N2OS. The molecule has 0 radical (unpaired) electrons. The fraction of sp³-hybridized carbons (Fsp3) is 0.583. The molecule has 1 aromatic heterocycles. The highest BCUT2D eigenvalue weighted by atomic mass is 32.1. The van der Waals surface area contributed by atoms with Crippen LogP contribution in [0.2, 0.25) is 0 Å². The predicted octanol–water partition coefficient (Wildman–Crippen LogP) is 2.22. The van der Waals surface area contributed by atoms with Crippen molar-refractivity contribution < 1.29 is 4.79 Å². The Hall–Kier alpha value is -0.870. The molecule has 0 bridgehead atoms. The minimum Gasteiger partial charge on any atom is -0.336 e. The van der Waals surface area contributed by atoms with E-state index in [1.54, 1.807) is 18.3 Å². The molecule has 4 heteroatoms. The van der Waals surface area contributed by atoms with Gasteiger partial charge in [-0.05, 0) is 31.7 Å². The van der Waals surface area contributed by atoms with E-state index in [9.17, 15) is 4.79 Å². The Bertz CT molecular complexity index is 333. The molecule has 1 rings (SSSR count). The van der Waals surface area contributed by atoms with E-state index in [0.717, 1.165) is 0 Å². The smallest absolute Gasteiger partial charge is 0.242 e. The summed E-state index contributed by atoms with van der Waals surface area (Å²) >= 11 is 1.67. The molecule has 3 nitrogen and oxygen atoms in total. The topological polar surface area (TPSA) is 46.3 Å². The molecule has 0 saturated heterocycles. The van der Waals surface area contributed by atoms with Crippen molar-refractivity contribution >= 4 is 17.2 Å². The molecule has 0 aromatic carbocycles. The largest absolute Gasteiger partial charge is 0.336 e. The summed E-state index contributed by atoms with van der Waals surface area (Å²) in [6.45, 7) is 7.09. The first-order valence-electron chi connectivity index (χ1n) is 5.62. The molecule has 1 aromatic rings. The van der Waals surface area contributed by atoms with Crippen molar-refractivity contribution in [3.63, 3.8) is 0 Å². The van der Waals surface area contributed by atoms with Gasteiger partial charge in [0.25, 0.3) is 0 Å². The molecule has 1 heterocycles. The minimum atomic E-state index is -0.743. The van der Waals surface area contributed by atoms with Crippen LogP contribution in [0.4, 0.5) is 0 Å². The zero-order chi connectivity index (χ0) is 12.2. The van der Waals surface area contributed by atoms with Gasteiger partial charge in [0.1, 0.15) is 0 Å². The van der Waals surface area contributed by atoms with Gasteiger partial charge in [-0.15, -0.1) is 11.3 Å². The Morgan fingerprint density at radius 1 is 1.56 bits per heavy atom. The van der Waals surface area contributed by atoms with Crippen molar-refractivity contribution in [2.45, 2.75) is 39.3 Å². The van der Waals surface area contributed by atoms with Crippen LogP contribution in [0.3, 0.4) is 0 Å². The number of hydrogen-bond acceptors (Lipinski definition) is 3. The first-order valence-corrected chi connectivity index (χ1v) is 6.50. The average Bonchev–Trinajstić information content (AvgIpc) is 2.77. The molecule has 0 fully saturated rings. The van der Waals surface area contributed by atoms with Gasteiger partial charge in [-0.25, -0.2) is 0 Å². The van der Waals surface area contributed by atoms with Crippen molar-refractivity contribution in [3.8, 4) is 0 Å². The Labute approximate surface area is 101 Å². The van der Waals surface area contributed by atoms with Crippen LogP contribution in [-0.2, 0) is 11.3 Å². The standard InChI is InChI=1S/C12H20N2OS/c1-4-12(3,13)11(15)14(5-2)9-10-7-6-8-16-10/h6-8H,4-5,9,13H2,1-3H3. The van der Waals surface area contributed by atoms with Crippen LogP contribution in [-0.4, -0.2) is 22.9 Å². The second-order valence-electron chi connectivity index (χ2n) is 4.17. The molecular weight excluding hydrogens is 220 g/mol. The van der Waals surface area contributed by atoms with E-state index in [1.165, 1.54) is 4.88 Å². The van der Waals surface area contributed by atoms with Gasteiger partial charge >= 0.3 is 0 Å². The van der Waals surface area contributed by atoms with Gasteiger partial charge in [0.05, 0.1) is 12.1 Å². The van der Waals surface area contributed by atoms with Gasteiger partial charge < -0.3 is 10.6 Å². The number of thiophene rings is 1. The molecule has 0 aliphatic heterocycles. The van der Waals surface area contributed by atoms with E-state index < -0.39 is 5.54 Å². The quantitative estimate of drug-likeness (QED) is 0.858. The van der Waals surface area contributed by atoms with Crippen LogP contribution in [0.25, 0.3) is 0 Å². The SMILES string of the molecule is CCN(Cc1cccs1)C(=O)C(C)(N)CC. The summed E-state index contributed by atoms with van der Waals surface area (Å²) in [6, 6.07) is 4.04. The van der Waals surface area contributed by atoms with E-state index in [0.29, 0.717) is 19.5 Å². The average molecular weight is 240 g/mol. The fourth-order valence-corrected chi connectivity index (χ4v) is 2.15. The van der Waals surface area contributed by atoms with Crippen molar-refractivity contribution in [2.75, 3.05) is 6.54 Å². The van der Waals surface area contributed by atoms with Gasteiger partial charge in [-0.2, -0.15) is 0 Å². The summed E-state index contributed by atoms with van der Waals surface area (Å²) in [4.78, 5) is 15.2. The van der Waals surface area contributed by atoms with E-state index in [4.69, 9.17) is 5.73 Å². The summed E-state index contributed by atoms with van der Waals surface area (Å²) in [5.41, 5.74) is 5.23. The second-order valence-corrected chi connectivity index (χ2v) is 5.20. The van der Waals surface area contributed by atoms with Crippen molar-refractivity contribution in [1.29, 1.82) is 0 Å². The molecule has 0 spiro atoms. The number of nitrogens with zero attached hydrogens (tertiary/aromatic N) is 1. The molecule has 2 N–H and O–H groups in total. The molecule has 0 aliphatic rings. The zero-order valence-electron chi connectivity index (χ0n) is 10.2. The van der Waals surface area contributed by atoms with Crippen LogP contribution in [0.1, 0.15) is 32.1 Å². The van der Waals surface area contributed by atoms with Crippen LogP contribution in [0.5, 0.6) is 0 Å². The lowest BCUT2D eigenvalue weighted by Crippen LogP contribution is -2.52. The fourth-order valence-electron chi connectivity index (χ4n) is 1.43. The minimum absolute atomic E-state index is 0.0332. The summed E-state index contributed by atoms with van der Waals surface area (Å²) < 4.78 is 0. The maximum absolute atomic E-state index is 12.2. The predicted molar refractivity (Wildman–Crippen MR) is 68.3 cm³/mol. The third kappa shape index (κ3) is 3.06. The van der Waals surface area contributed by atoms with E-state index in [2.05, 4.69) is 0 Å². The van der Waals surface area contributed by atoms with Crippen molar-refractivity contribution in [1.82, 2.24) is 4.90 Å². The van der Waals surface area contributed by atoms with Crippen LogP contribution < -0.4 is 5.73 Å². The highest BCUT2D eigenvalue weighted by Gasteiger charge is 2.30. The molecule has 16 heavy (non-hydrogen) atoms. The number of rotatable bonds is 5. The third-order valence-electron chi connectivity index (χ3n) is 2.82. The molecule has 0 saturated carbocycles. The molecule has 0 aliphatic carbocycles. The second kappa shape index (κ2) is 5.46. The summed E-state index contributed by atoms with van der Waals surface area (Å²) in [7, 11) is 0. The number of carbonyl (C=O) groups is 1. The Kier molecular flexibility index (Phi) is 4.50. The Balaban J connectivity index is 2.71. The highest BCUT2D eigenvalue weighted by Crippen LogP contribution is 2.16. The van der Waals surface area contributed by atoms with Gasteiger partial charge in [0.15, 0.2) is 0 Å². The number of carbonyl (C=O) groups excluding carboxylic acids is 1. The lowest BCUT2D eigenvalue weighted by molar-refractivity contribution is -0.136. The molecule has 90 valence electrons. The Morgan fingerprint density at radius 3 is 2.69 bits per heavy atom. The molecule has 1 atom stereocenters. The number of nitrogens with two attached hydrogens (primary N) is 1. The van der Waals surface area contributed by atoms with Crippen molar-refractivity contribution in [2.24, 2.45) is 5.73 Å². The zero-order valence-corrected chi connectivity index (χ0v) is 11.0. The monoisotopic (exact) mass is 240 g/mol. The molecule has 1 unspecified atom stereocenters. The van der Waals surface area contributed by atoms with Crippen LogP contribution >= 0.6 is 11.3 Å². The first-order chi connectivity index (χ1) is 7.51. The number of likely N-dealkylation sites (N-methyl/N-ethyl adjacent to an activating group) is 1. The summed E-state index contributed by atoms with van der Waals surface area (Å²) in [5.74, 6) is 0.0332.